The van der Waals surface area contributed by atoms with E-state index in [4.69, 9.17) is 9.94 Å². The van der Waals surface area contributed by atoms with Gasteiger partial charge in [-0.2, -0.15) is 0 Å². The number of anilines is 1. The van der Waals surface area contributed by atoms with Gasteiger partial charge in [-0.3, -0.25) is 10.0 Å². The van der Waals surface area contributed by atoms with Crippen molar-refractivity contribution in [3.63, 3.8) is 0 Å². The van der Waals surface area contributed by atoms with Gasteiger partial charge in [0.2, 0.25) is 0 Å². The number of hydrogen-bond donors (Lipinski definition) is 2. The van der Waals surface area contributed by atoms with Gasteiger partial charge >= 0.3 is 0 Å². The molecule has 0 aliphatic rings. The van der Waals surface area contributed by atoms with Crippen molar-refractivity contribution >= 4 is 39.1 Å². The first-order valence-electron chi connectivity index (χ1n) is 10.2. The van der Waals surface area contributed by atoms with E-state index in [1.54, 1.807) is 28.9 Å². The maximum atomic E-state index is 11.6. The molecule has 3 aromatic carbocycles. The van der Waals surface area contributed by atoms with E-state index < -0.39 is 5.91 Å². The summed E-state index contributed by atoms with van der Waals surface area (Å²) in [6.45, 7) is 1.13. The smallest absolute Gasteiger partial charge is 0.274 e. The van der Waals surface area contributed by atoms with Gasteiger partial charge < -0.3 is 9.64 Å². The number of benzene rings is 3. The fraction of sp³-hybridized carbons (Fsp3) is 0.115. The predicted molar refractivity (Wildman–Crippen MR) is 131 cm³/mol. The van der Waals surface area contributed by atoms with Crippen LogP contribution in [-0.4, -0.2) is 31.3 Å². The average Bonchev–Trinajstić information content (AvgIpc) is 3.38. The van der Waals surface area contributed by atoms with E-state index in [9.17, 15) is 4.79 Å². The lowest BCUT2D eigenvalue weighted by Gasteiger charge is -2.20. The molecule has 32 heavy (non-hydrogen) atoms. The molecule has 1 aromatic heterocycles. The number of likely N-dealkylation sites (N-methyl/N-ethyl adjacent to an activating group) is 1. The summed E-state index contributed by atoms with van der Waals surface area (Å²) in [5, 5.41) is 14.3. The molecule has 0 unspecified atom stereocenters. The standard InChI is InChI=1S/C26H24N2O3S/c1-28(25-10-5-15-32-25)17-20(16-19-11-13-22(14-12-19)26(29)27-30)18-31-24-9-4-7-21-6-2-3-8-23(21)24/h2-16,30H,17-18H2,1H3,(H,27,29)/b20-16-. The minimum atomic E-state index is -0.530. The van der Waals surface area contributed by atoms with Crippen LogP contribution in [0.1, 0.15) is 15.9 Å². The normalized spacial score (nSPS) is 11.4. The molecule has 0 radical (unpaired) electrons. The van der Waals surface area contributed by atoms with Crippen LogP contribution in [-0.2, 0) is 0 Å². The molecule has 0 atom stereocenters. The summed E-state index contributed by atoms with van der Waals surface area (Å²) in [7, 11) is 2.06. The van der Waals surface area contributed by atoms with Crippen molar-refractivity contribution in [2.75, 3.05) is 25.1 Å². The van der Waals surface area contributed by atoms with Crippen LogP contribution < -0.4 is 15.1 Å². The zero-order chi connectivity index (χ0) is 22.3. The molecule has 5 nitrogen and oxygen atoms in total. The highest BCUT2D eigenvalue weighted by Gasteiger charge is 2.09. The Kier molecular flexibility index (Phi) is 6.84. The summed E-state index contributed by atoms with van der Waals surface area (Å²) in [6.07, 6.45) is 2.08. The highest BCUT2D eigenvalue weighted by Crippen LogP contribution is 2.26. The van der Waals surface area contributed by atoms with E-state index in [-0.39, 0.29) is 0 Å². The van der Waals surface area contributed by atoms with Gasteiger partial charge in [-0.15, -0.1) is 11.3 Å². The highest BCUT2D eigenvalue weighted by atomic mass is 32.1. The second-order valence-corrected chi connectivity index (χ2v) is 8.36. The molecular formula is C26H24N2O3S. The van der Waals surface area contributed by atoms with E-state index in [2.05, 4.69) is 47.7 Å². The molecule has 2 N–H and O–H groups in total. The SMILES string of the molecule is CN(C/C(=C/c1ccc(C(=O)NO)cc1)COc1cccc2ccccc12)c1cccs1. The number of carbonyl (C=O) groups excluding carboxylic acids is 1. The summed E-state index contributed by atoms with van der Waals surface area (Å²) in [6, 6.07) is 25.5. The van der Waals surface area contributed by atoms with Crippen molar-refractivity contribution in [3.05, 3.63) is 101 Å². The van der Waals surface area contributed by atoms with Crippen LogP contribution in [0, 0.1) is 0 Å². The fourth-order valence-electron chi connectivity index (χ4n) is 3.53. The zero-order valence-electron chi connectivity index (χ0n) is 17.7. The summed E-state index contributed by atoms with van der Waals surface area (Å²) < 4.78 is 6.26. The van der Waals surface area contributed by atoms with E-state index in [0.29, 0.717) is 18.7 Å². The minimum absolute atomic E-state index is 0.397. The van der Waals surface area contributed by atoms with Gasteiger partial charge in [-0.25, -0.2) is 5.48 Å². The molecule has 0 aliphatic heterocycles. The maximum absolute atomic E-state index is 11.6. The second kappa shape index (κ2) is 10.1. The van der Waals surface area contributed by atoms with Crippen LogP contribution in [0.4, 0.5) is 5.00 Å². The molecule has 0 saturated heterocycles. The van der Waals surface area contributed by atoms with Crippen LogP contribution in [0.5, 0.6) is 5.75 Å². The van der Waals surface area contributed by atoms with E-state index in [0.717, 1.165) is 27.7 Å². The van der Waals surface area contributed by atoms with Crippen molar-refractivity contribution in [1.29, 1.82) is 0 Å². The first-order chi connectivity index (χ1) is 15.6. The Morgan fingerprint density at radius 1 is 1.03 bits per heavy atom. The Morgan fingerprint density at radius 2 is 1.81 bits per heavy atom. The first kappa shape index (κ1) is 21.6. The number of nitrogens with zero attached hydrogens (tertiary/aromatic N) is 1. The Morgan fingerprint density at radius 3 is 2.56 bits per heavy atom. The predicted octanol–water partition coefficient (Wildman–Crippen LogP) is 5.62. The largest absolute Gasteiger partial charge is 0.489 e. The molecule has 0 aliphatic carbocycles. The van der Waals surface area contributed by atoms with Gasteiger partial charge in [0.1, 0.15) is 12.4 Å². The molecule has 0 saturated carbocycles. The number of rotatable bonds is 8. The molecule has 0 fully saturated rings. The second-order valence-electron chi connectivity index (χ2n) is 7.44. The topological polar surface area (TPSA) is 61.8 Å². The van der Waals surface area contributed by atoms with Crippen LogP contribution in [0.25, 0.3) is 16.8 Å². The van der Waals surface area contributed by atoms with Gasteiger partial charge in [-0.05, 0) is 52.2 Å². The van der Waals surface area contributed by atoms with E-state index >= 15 is 0 Å². The number of ether oxygens (including phenoxy) is 1. The Labute approximate surface area is 191 Å². The monoisotopic (exact) mass is 444 g/mol. The van der Waals surface area contributed by atoms with Crippen molar-refractivity contribution in [3.8, 4) is 5.75 Å². The summed E-state index contributed by atoms with van der Waals surface area (Å²) >= 11 is 1.69. The molecular weight excluding hydrogens is 420 g/mol. The Hall–Kier alpha value is -3.61. The van der Waals surface area contributed by atoms with Crippen molar-refractivity contribution in [2.24, 2.45) is 0 Å². The third-order valence-corrected chi connectivity index (χ3v) is 6.11. The van der Waals surface area contributed by atoms with Gasteiger partial charge in [0.05, 0.1) is 5.00 Å². The van der Waals surface area contributed by atoms with Gasteiger partial charge in [0.25, 0.3) is 5.91 Å². The van der Waals surface area contributed by atoms with Gasteiger partial charge in [0.15, 0.2) is 0 Å². The lowest BCUT2D eigenvalue weighted by molar-refractivity contribution is 0.0706. The third-order valence-electron chi connectivity index (χ3n) is 5.13. The number of nitrogens with one attached hydrogen (secondary N) is 1. The van der Waals surface area contributed by atoms with Crippen LogP contribution >= 0.6 is 11.3 Å². The third kappa shape index (κ3) is 5.17. The number of hydrogen-bond acceptors (Lipinski definition) is 5. The van der Waals surface area contributed by atoms with Crippen molar-refractivity contribution in [1.82, 2.24) is 5.48 Å². The van der Waals surface area contributed by atoms with Crippen molar-refractivity contribution < 1.29 is 14.7 Å². The average molecular weight is 445 g/mol. The van der Waals surface area contributed by atoms with Crippen LogP contribution in [0.3, 0.4) is 0 Å². The molecule has 0 bridgehead atoms. The summed E-state index contributed by atoms with van der Waals surface area (Å²) in [4.78, 5) is 13.8. The molecule has 4 aromatic rings. The van der Waals surface area contributed by atoms with Crippen LogP contribution in [0.15, 0.2) is 89.8 Å². The lowest BCUT2D eigenvalue weighted by Crippen LogP contribution is -2.22. The van der Waals surface area contributed by atoms with Crippen LogP contribution in [0.2, 0.25) is 0 Å². The number of carbonyl (C=O) groups is 1. The summed E-state index contributed by atoms with van der Waals surface area (Å²) in [5.41, 5.74) is 4.10. The number of hydroxylamine groups is 1. The first-order valence-corrected chi connectivity index (χ1v) is 11.1. The molecule has 162 valence electrons. The molecule has 1 amide bonds. The van der Waals surface area contributed by atoms with E-state index in [1.807, 2.05) is 42.5 Å². The maximum Gasteiger partial charge on any atom is 0.274 e. The Bertz CT molecular complexity index is 1210. The number of fused-ring (bicyclic) bond motifs is 1. The Balaban J connectivity index is 1.58. The van der Waals surface area contributed by atoms with Gasteiger partial charge in [-0.1, -0.05) is 54.6 Å². The van der Waals surface area contributed by atoms with E-state index in [1.165, 1.54) is 5.00 Å². The zero-order valence-corrected chi connectivity index (χ0v) is 18.5. The summed E-state index contributed by atoms with van der Waals surface area (Å²) in [5.74, 6) is 0.320. The molecule has 1 heterocycles. The number of thiophene rings is 1. The molecule has 6 heteroatoms. The lowest BCUT2D eigenvalue weighted by atomic mass is 10.1. The van der Waals surface area contributed by atoms with Crippen molar-refractivity contribution in [2.45, 2.75) is 0 Å². The fourth-order valence-corrected chi connectivity index (χ4v) is 4.22. The number of amides is 1. The molecule has 4 rings (SSSR count). The quantitative estimate of drug-likeness (QED) is 0.274. The molecule has 0 spiro atoms. The van der Waals surface area contributed by atoms with Gasteiger partial charge in [0, 0.05) is 24.5 Å². The highest BCUT2D eigenvalue weighted by molar-refractivity contribution is 7.14. The minimum Gasteiger partial charge on any atom is -0.489 e.